The standard InChI is InChI=1S/C13H18N2O4/c1-9-4-5-12(15(16)17)11(6-9)14-10-7-18-13(2,3)19-8-10/h4-6,10,14H,7-8H2,1-3H3. The Morgan fingerprint density at radius 2 is 2.00 bits per heavy atom. The summed E-state index contributed by atoms with van der Waals surface area (Å²) in [4.78, 5) is 10.6. The summed E-state index contributed by atoms with van der Waals surface area (Å²) in [5.74, 6) is -0.587. The zero-order valence-corrected chi connectivity index (χ0v) is 11.3. The average molecular weight is 266 g/mol. The van der Waals surface area contributed by atoms with Crippen molar-refractivity contribution in [1.29, 1.82) is 0 Å². The molecule has 1 heterocycles. The van der Waals surface area contributed by atoms with Gasteiger partial charge >= 0.3 is 0 Å². The third-order valence-electron chi connectivity index (χ3n) is 2.97. The molecule has 0 aromatic heterocycles. The zero-order chi connectivity index (χ0) is 14.0. The Bertz CT molecular complexity index is 478. The van der Waals surface area contributed by atoms with E-state index in [4.69, 9.17) is 9.47 Å². The second kappa shape index (κ2) is 5.14. The highest BCUT2D eigenvalue weighted by molar-refractivity contribution is 5.63. The molecule has 1 aliphatic heterocycles. The molecule has 0 atom stereocenters. The quantitative estimate of drug-likeness (QED) is 0.672. The van der Waals surface area contributed by atoms with E-state index in [-0.39, 0.29) is 11.7 Å². The average Bonchev–Trinajstić information content (AvgIpc) is 2.31. The minimum atomic E-state index is -0.587. The number of rotatable bonds is 3. The van der Waals surface area contributed by atoms with Gasteiger partial charge in [-0.3, -0.25) is 10.1 Å². The lowest BCUT2D eigenvalue weighted by molar-refractivity contribution is -0.384. The highest BCUT2D eigenvalue weighted by Crippen LogP contribution is 2.27. The molecule has 104 valence electrons. The first-order valence-corrected chi connectivity index (χ1v) is 6.17. The Labute approximate surface area is 111 Å². The van der Waals surface area contributed by atoms with E-state index in [2.05, 4.69) is 5.32 Å². The molecule has 6 nitrogen and oxygen atoms in total. The van der Waals surface area contributed by atoms with Crippen LogP contribution in [0.2, 0.25) is 0 Å². The Hall–Kier alpha value is -1.66. The van der Waals surface area contributed by atoms with E-state index >= 15 is 0 Å². The van der Waals surface area contributed by atoms with Crippen LogP contribution in [-0.2, 0) is 9.47 Å². The Morgan fingerprint density at radius 3 is 2.58 bits per heavy atom. The van der Waals surface area contributed by atoms with Crippen molar-refractivity contribution in [3.63, 3.8) is 0 Å². The first kappa shape index (κ1) is 13.8. The number of nitrogens with one attached hydrogen (secondary N) is 1. The van der Waals surface area contributed by atoms with Gasteiger partial charge in [0.05, 0.1) is 24.2 Å². The molecule has 2 rings (SSSR count). The van der Waals surface area contributed by atoms with Crippen LogP contribution in [0.15, 0.2) is 18.2 Å². The summed E-state index contributed by atoms with van der Waals surface area (Å²) in [5.41, 5.74) is 1.53. The van der Waals surface area contributed by atoms with Crippen LogP contribution >= 0.6 is 0 Å². The number of ether oxygens (including phenoxy) is 2. The molecule has 6 heteroatoms. The van der Waals surface area contributed by atoms with Gasteiger partial charge in [0.1, 0.15) is 5.69 Å². The van der Waals surface area contributed by atoms with E-state index in [9.17, 15) is 10.1 Å². The van der Waals surface area contributed by atoms with Crippen LogP contribution < -0.4 is 5.32 Å². The van der Waals surface area contributed by atoms with E-state index in [1.807, 2.05) is 20.8 Å². The fourth-order valence-corrected chi connectivity index (χ4v) is 1.92. The molecule has 1 saturated heterocycles. The molecule has 0 spiro atoms. The Kier molecular flexibility index (Phi) is 3.73. The van der Waals surface area contributed by atoms with Crippen LogP contribution in [-0.4, -0.2) is 30.0 Å². The number of hydrogen-bond acceptors (Lipinski definition) is 5. The van der Waals surface area contributed by atoms with Gasteiger partial charge in [0.2, 0.25) is 0 Å². The number of nitrogens with zero attached hydrogens (tertiary/aromatic N) is 1. The summed E-state index contributed by atoms with van der Waals surface area (Å²) in [6.07, 6.45) is 0. The van der Waals surface area contributed by atoms with Crippen LogP contribution in [0, 0.1) is 17.0 Å². The molecule has 1 aliphatic rings. The summed E-state index contributed by atoms with van der Waals surface area (Å²) in [6.45, 7) is 6.50. The van der Waals surface area contributed by atoms with Gasteiger partial charge in [-0.1, -0.05) is 6.07 Å². The van der Waals surface area contributed by atoms with Crippen LogP contribution in [0.3, 0.4) is 0 Å². The van der Waals surface area contributed by atoms with Crippen molar-refractivity contribution >= 4 is 11.4 Å². The number of nitro benzene ring substituents is 1. The first-order valence-electron chi connectivity index (χ1n) is 6.17. The lowest BCUT2D eigenvalue weighted by Crippen LogP contribution is -2.45. The highest BCUT2D eigenvalue weighted by Gasteiger charge is 2.29. The van der Waals surface area contributed by atoms with Gasteiger partial charge in [0, 0.05) is 6.07 Å². The predicted octanol–water partition coefficient (Wildman–Crippen LogP) is 2.47. The number of anilines is 1. The number of benzene rings is 1. The molecule has 19 heavy (non-hydrogen) atoms. The van der Waals surface area contributed by atoms with Gasteiger partial charge in [-0.2, -0.15) is 0 Å². The van der Waals surface area contributed by atoms with Gasteiger partial charge in [-0.05, 0) is 32.4 Å². The minimum absolute atomic E-state index is 0.0652. The highest BCUT2D eigenvalue weighted by atomic mass is 16.7. The topological polar surface area (TPSA) is 73.6 Å². The molecule has 0 aliphatic carbocycles. The van der Waals surface area contributed by atoms with Crippen LogP contribution in [0.5, 0.6) is 0 Å². The maximum Gasteiger partial charge on any atom is 0.292 e. The fraction of sp³-hybridized carbons (Fsp3) is 0.538. The van der Waals surface area contributed by atoms with Gasteiger partial charge in [0.25, 0.3) is 5.69 Å². The molecule has 0 radical (unpaired) electrons. The van der Waals surface area contributed by atoms with Crippen LogP contribution in [0.25, 0.3) is 0 Å². The normalized spacial score (nSPS) is 19.1. The lowest BCUT2D eigenvalue weighted by atomic mass is 10.1. The van der Waals surface area contributed by atoms with Crippen LogP contribution in [0.4, 0.5) is 11.4 Å². The summed E-state index contributed by atoms with van der Waals surface area (Å²) >= 11 is 0. The monoisotopic (exact) mass is 266 g/mol. The second-order valence-electron chi connectivity index (χ2n) is 5.14. The van der Waals surface area contributed by atoms with Crippen molar-refractivity contribution in [2.45, 2.75) is 32.6 Å². The molecule has 0 unspecified atom stereocenters. The number of aryl methyl sites for hydroxylation is 1. The number of hydrogen-bond donors (Lipinski definition) is 1. The van der Waals surface area contributed by atoms with Gasteiger partial charge in [-0.25, -0.2) is 0 Å². The minimum Gasteiger partial charge on any atom is -0.372 e. The molecule has 0 saturated carbocycles. The van der Waals surface area contributed by atoms with E-state index in [1.54, 1.807) is 12.1 Å². The van der Waals surface area contributed by atoms with E-state index in [1.165, 1.54) is 6.07 Å². The zero-order valence-electron chi connectivity index (χ0n) is 11.3. The van der Waals surface area contributed by atoms with Crippen molar-refractivity contribution < 1.29 is 14.4 Å². The molecule has 1 fully saturated rings. The smallest absolute Gasteiger partial charge is 0.292 e. The van der Waals surface area contributed by atoms with Crippen molar-refractivity contribution in [1.82, 2.24) is 0 Å². The Morgan fingerprint density at radius 1 is 1.37 bits per heavy atom. The SMILES string of the molecule is Cc1ccc([N+](=O)[O-])c(NC2COC(C)(C)OC2)c1. The van der Waals surface area contributed by atoms with Gasteiger partial charge in [-0.15, -0.1) is 0 Å². The number of nitro groups is 1. The summed E-state index contributed by atoms with van der Waals surface area (Å²) < 4.78 is 11.1. The van der Waals surface area contributed by atoms with E-state index < -0.39 is 10.7 Å². The van der Waals surface area contributed by atoms with Crippen molar-refractivity contribution in [3.8, 4) is 0 Å². The Balaban J connectivity index is 2.11. The molecule has 0 bridgehead atoms. The summed E-state index contributed by atoms with van der Waals surface area (Å²) in [7, 11) is 0. The fourth-order valence-electron chi connectivity index (χ4n) is 1.92. The molecule has 1 aromatic rings. The van der Waals surface area contributed by atoms with E-state index in [0.29, 0.717) is 18.9 Å². The first-order chi connectivity index (χ1) is 8.87. The van der Waals surface area contributed by atoms with Crippen molar-refractivity contribution in [2.75, 3.05) is 18.5 Å². The molecular weight excluding hydrogens is 248 g/mol. The van der Waals surface area contributed by atoms with Crippen molar-refractivity contribution in [3.05, 3.63) is 33.9 Å². The largest absolute Gasteiger partial charge is 0.372 e. The van der Waals surface area contributed by atoms with Crippen LogP contribution in [0.1, 0.15) is 19.4 Å². The lowest BCUT2D eigenvalue weighted by Gasteiger charge is -2.35. The molecule has 1 aromatic carbocycles. The van der Waals surface area contributed by atoms with E-state index in [0.717, 1.165) is 5.56 Å². The molecule has 1 N–H and O–H groups in total. The third kappa shape index (κ3) is 3.42. The van der Waals surface area contributed by atoms with Gasteiger partial charge in [0.15, 0.2) is 5.79 Å². The summed E-state index contributed by atoms with van der Waals surface area (Å²) in [5, 5.41) is 14.1. The summed E-state index contributed by atoms with van der Waals surface area (Å²) in [6, 6.07) is 4.90. The molecular formula is C13H18N2O4. The van der Waals surface area contributed by atoms with Gasteiger partial charge < -0.3 is 14.8 Å². The predicted molar refractivity (Wildman–Crippen MR) is 71.2 cm³/mol. The molecule has 0 amide bonds. The second-order valence-corrected chi connectivity index (χ2v) is 5.14. The maximum absolute atomic E-state index is 11.0. The van der Waals surface area contributed by atoms with Crippen molar-refractivity contribution in [2.24, 2.45) is 0 Å². The maximum atomic E-state index is 11.0. The third-order valence-corrected chi connectivity index (χ3v) is 2.97.